The summed E-state index contributed by atoms with van der Waals surface area (Å²) in [6, 6.07) is 13.5. The molecule has 3 heteroatoms. The number of benzene rings is 1. The van der Waals surface area contributed by atoms with Crippen molar-refractivity contribution in [3.8, 4) is 11.4 Å². The van der Waals surface area contributed by atoms with Gasteiger partial charge in [-0.3, -0.25) is 4.79 Å². The average molecular weight is 293 g/mol. The third kappa shape index (κ3) is 2.10. The van der Waals surface area contributed by atoms with Crippen molar-refractivity contribution in [2.45, 2.75) is 20.8 Å². The molecule has 0 fully saturated rings. The van der Waals surface area contributed by atoms with E-state index in [-0.39, 0.29) is 5.43 Å². The molecule has 0 atom stereocenters. The Balaban J connectivity index is 2.50. The summed E-state index contributed by atoms with van der Waals surface area (Å²) >= 11 is 0. The summed E-state index contributed by atoms with van der Waals surface area (Å²) in [6.07, 6.45) is 0. The summed E-state index contributed by atoms with van der Waals surface area (Å²) in [6.45, 7) is 6.08. The lowest BCUT2D eigenvalue weighted by atomic mass is 10.2. The zero-order chi connectivity index (χ0) is 15.9. The van der Waals surface area contributed by atoms with Gasteiger partial charge in [-0.05, 0) is 50.6 Å². The molecule has 1 aromatic heterocycles. The number of ether oxygens (including phenoxy) is 1. The fourth-order valence-corrected chi connectivity index (χ4v) is 3.15. The Morgan fingerprint density at radius 3 is 2.27 bits per heavy atom. The van der Waals surface area contributed by atoms with Crippen LogP contribution in [0.1, 0.15) is 17.0 Å². The van der Waals surface area contributed by atoms with Crippen LogP contribution in [0.3, 0.4) is 0 Å². The van der Waals surface area contributed by atoms with Crippen molar-refractivity contribution in [2.75, 3.05) is 7.11 Å². The van der Waals surface area contributed by atoms with E-state index >= 15 is 0 Å². The third-order valence-corrected chi connectivity index (χ3v) is 4.11. The lowest BCUT2D eigenvalue weighted by Crippen LogP contribution is -2.01. The summed E-state index contributed by atoms with van der Waals surface area (Å²) in [4.78, 5) is 12.5. The molecule has 0 N–H and O–H groups in total. The molecule has 3 nitrogen and oxygen atoms in total. The number of rotatable bonds is 2. The number of aryl methyl sites for hydroxylation is 3. The summed E-state index contributed by atoms with van der Waals surface area (Å²) in [5.74, 6) is 0.726. The van der Waals surface area contributed by atoms with Crippen LogP contribution in [0, 0.1) is 20.8 Å². The largest absolute Gasteiger partial charge is 0.496 e. The van der Waals surface area contributed by atoms with Gasteiger partial charge >= 0.3 is 0 Å². The van der Waals surface area contributed by atoms with Crippen LogP contribution in [0.15, 0.2) is 47.3 Å². The molecule has 0 saturated heterocycles. The standard InChI is InChI=1S/C19H19NO2/c1-12-7-5-8-15(11-12)20-13(2)18-16(21)9-6-10-17(22-4)19(18)14(20)3/h5-11H,1-4H3. The summed E-state index contributed by atoms with van der Waals surface area (Å²) < 4.78 is 7.63. The zero-order valence-corrected chi connectivity index (χ0v) is 13.3. The Labute approximate surface area is 129 Å². The molecule has 112 valence electrons. The fraction of sp³-hybridized carbons (Fsp3) is 0.211. The van der Waals surface area contributed by atoms with E-state index in [4.69, 9.17) is 4.74 Å². The molecule has 0 radical (unpaired) electrons. The van der Waals surface area contributed by atoms with Gasteiger partial charge in [-0.1, -0.05) is 18.2 Å². The van der Waals surface area contributed by atoms with Crippen molar-refractivity contribution in [3.63, 3.8) is 0 Å². The maximum atomic E-state index is 12.5. The molecule has 22 heavy (non-hydrogen) atoms. The van der Waals surface area contributed by atoms with Crippen molar-refractivity contribution in [3.05, 3.63) is 69.6 Å². The number of hydrogen-bond acceptors (Lipinski definition) is 2. The van der Waals surface area contributed by atoms with Gasteiger partial charge in [0.15, 0.2) is 5.43 Å². The fourth-order valence-electron chi connectivity index (χ4n) is 3.15. The first-order chi connectivity index (χ1) is 10.5. The Kier molecular flexibility index (Phi) is 3.49. The van der Waals surface area contributed by atoms with Crippen molar-refractivity contribution >= 4 is 10.8 Å². The second-order valence-electron chi connectivity index (χ2n) is 5.55. The van der Waals surface area contributed by atoms with E-state index in [0.29, 0.717) is 0 Å². The molecule has 0 aliphatic rings. The Bertz CT molecular complexity index is 923. The highest BCUT2D eigenvalue weighted by atomic mass is 16.5. The quantitative estimate of drug-likeness (QED) is 0.717. The van der Waals surface area contributed by atoms with E-state index in [1.165, 1.54) is 5.56 Å². The maximum Gasteiger partial charge on any atom is 0.188 e. The topological polar surface area (TPSA) is 31.2 Å². The van der Waals surface area contributed by atoms with Crippen molar-refractivity contribution in [2.24, 2.45) is 0 Å². The minimum atomic E-state index is 0.0188. The molecule has 0 aliphatic carbocycles. The van der Waals surface area contributed by atoms with Crippen LogP contribution in [-0.4, -0.2) is 11.7 Å². The molecule has 0 bridgehead atoms. The highest BCUT2D eigenvalue weighted by Gasteiger charge is 2.17. The SMILES string of the molecule is COc1cccc(=O)c2c(C)n(-c3cccc(C)c3)c(C)c12. The molecule has 3 rings (SSSR count). The van der Waals surface area contributed by atoms with E-state index in [2.05, 4.69) is 29.7 Å². The molecule has 0 unspecified atom stereocenters. The second kappa shape index (κ2) is 5.34. The van der Waals surface area contributed by atoms with Gasteiger partial charge in [0.2, 0.25) is 0 Å². The van der Waals surface area contributed by atoms with Crippen molar-refractivity contribution < 1.29 is 4.74 Å². The number of nitrogens with zero attached hydrogens (tertiary/aromatic N) is 1. The van der Waals surface area contributed by atoms with E-state index in [9.17, 15) is 4.79 Å². The molecule has 3 aromatic rings. The third-order valence-electron chi connectivity index (χ3n) is 4.11. The number of methoxy groups -OCH3 is 1. The molecule has 2 aromatic carbocycles. The van der Waals surface area contributed by atoms with Crippen molar-refractivity contribution in [1.82, 2.24) is 4.57 Å². The summed E-state index contributed by atoms with van der Waals surface area (Å²) in [7, 11) is 1.64. The van der Waals surface area contributed by atoms with Crippen molar-refractivity contribution in [1.29, 1.82) is 0 Å². The molecule has 1 heterocycles. The zero-order valence-electron chi connectivity index (χ0n) is 13.3. The normalized spacial score (nSPS) is 10.9. The molecule has 0 amide bonds. The summed E-state index contributed by atoms with van der Waals surface area (Å²) in [5.41, 5.74) is 4.23. The molecule has 0 saturated carbocycles. The minimum absolute atomic E-state index is 0.0188. The number of fused-ring (bicyclic) bond motifs is 1. The van der Waals surface area contributed by atoms with Gasteiger partial charge in [-0.15, -0.1) is 0 Å². The van der Waals surface area contributed by atoms with E-state index in [1.807, 2.05) is 26.0 Å². The predicted molar refractivity (Wildman–Crippen MR) is 90.3 cm³/mol. The van der Waals surface area contributed by atoms with Gasteiger partial charge in [0.1, 0.15) is 5.75 Å². The van der Waals surface area contributed by atoms with Crippen LogP contribution in [0.25, 0.3) is 16.5 Å². The van der Waals surface area contributed by atoms with E-state index in [1.54, 1.807) is 19.2 Å². The van der Waals surface area contributed by atoms with Gasteiger partial charge in [0.05, 0.1) is 12.5 Å². The van der Waals surface area contributed by atoms with Gasteiger partial charge in [-0.25, -0.2) is 0 Å². The smallest absolute Gasteiger partial charge is 0.188 e. The first kappa shape index (κ1) is 14.4. The first-order valence-electron chi connectivity index (χ1n) is 7.30. The van der Waals surface area contributed by atoms with E-state index < -0.39 is 0 Å². The highest BCUT2D eigenvalue weighted by molar-refractivity contribution is 5.93. The highest BCUT2D eigenvalue weighted by Crippen LogP contribution is 2.32. The van der Waals surface area contributed by atoms with Crippen LogP contribution < -0.4 is 10.2 Å². The molecular formula is C19H19NO2. The molecular weight excluding hydrogens is 274 g/mol. The maximum absolute atomic E-state index is 12.5. The molecule has 0 spiro atoms. The van der Waals surface area contributed by atoms with Gasteiger partial charge in [0.25, 0.3) is 0 Å². The van der Waals surface area contributed by atoms with Crippen LogP contribution in [0.2, 0.25) is 0 Å². The van der Waals surface area contributed by atoms with Crippen LogP contribution >= 0.6 is 0 Å². The first-order valence-corrected chi connectivity index (χ1v) is 7.30. The van der Waals surface area contributed by atoms with E-state index in [0.717, 1.165) is 33.6 Å². The lowest BCUT2D eigenvalue weighted by molar-refractivity contribution is 0.420. The molecule has 0 aliphatic heterocycles. The lowest BCUT2D eigenvalue weighted by Gasteiger charge is -2.10. The average Bonchev–Trinajstić information content (AvgIpc) is 2.64. The van der Waals surface area contributed by atoms with Gasteiger partial charge < -0.3 is 9.30 Å². The van der Waals surface area contributed by atoms with Crippen LogP contribution in [0.4, 0.5) is 0 Å². The van der Waals surface area contributed by atoms with Crippen LogP contribution in [0.5, 0.6) is 5.75 Å². The monoisotopic (exact) mass is 293 g/mol. The second-order valence-corrected chi connectivity index (χ2v) is 5.55. The Morgan fingerprint density at radius 1 is 0.909 bits per heavy atom. The number of hydrogen-bond donors (Lipinski definition) is 0. The van der Waals surface area contributed by atoms with Gasteiger partial charge in [0, 0.05) is 22.5 Å². The van der Waals surface area contributed by atoms with Gasteiger partial charge in [-0.2, -0.15) is 0 Å². The van der Waals surface area contributed by atoms with Crippen LogP contribution in [-0.2, 0) is 0 Å². The number of aromatic nitrogens is 1. The minimum Gasteiger partial charge on any atom is -0.496 e. The Morgan fingerprint density at radius 2 is 1.59 bits per heavy atom. The summed E-state index contributed by atoms with van der Waals surface area (Å²) in [5, 5.41) is 1.61. The Hall–Kier alpha value is -2.55. The predicted octanol–water partition coefficient (Wildman–Crippen LogP) is 3.92.